The lowest BCUT2D eigenvalue weighted by atomic mass is 10.2. The predicted molar refractivity (Wildman–Crippen MR) is 69.4 cm³/mol. The highest BCUT2D eigenvalue weighted by molar-refractivity contribution is 5.85. The lowest BCUT2D eigenvalue weighted by Crippen LogP contribution is -2.34. The summed E-state index contributed by atoms with van der Waals surface area (Å²) < 4.78 is 5.90. The number of rotatable bonds is 2. The molecule has 0 bridgehead atoms. The molecule has 19 heavy (non-hydrogen) atoms. The third-order valence-corrected chi connectivity index (χ3v) is 3.18. The third kappa shape index (κ3) is 1.53. The first-order chi connectivity index (χ1) is 9.27. The number of benzene rings is 1. The summed E-state index contributed by atoms with van der Waals surface area (Å²) in [5, 5.41) is 2.49. The minimum Gasteiger partial charge on any atom is -0.454 e. The van der Waals surface area contributed by atoms with Gasteiger partial charge in [-0.3, -0.25) is 10.7 Å². The van der Waals surface area contributed by atoms with Crippen LogP contribution in [0.25, 0.3) is 10.9 Å². The Bertz CT molecular complexity index is 720. The van der Waals surface area contributed by atoms with E-state index in [-0.39, 0.29) is 0 Å². The minimum atomic E-state index is -0.959. The van der Waals surface area contributed by atoms with Gasteiger partial charge in [0, 0.05) is 17.8 Å². The van der Waals surface area contributed by atoms with Gasteiger partial charge in [0.2, 0.25) is 0 Å². The number of nitrogens with two attached hydrogens (primary N) is 1. The Morgan fingerprint density at radius 1 is 1.26 bits per heavy atom. The largest absolute Gasteiger partial charge is 0.454 e. The van der Waals surface area contributed by atoms with Crippen LogP contribution < -0.4 is 10.5 Å². The van der Waals surface area contributed by atoms with Crippen LogP contribution in [0.4, 0.5) is 0 Å². The number of pyridine rings is 1. The van der Waals surface area contributed by atoms with Crippen LogP contribution in [-0.4, -0.2) is 15.9 Å². The Morgan fingerprint density at radius 2 is 2.21 bits per heavy atom. The number of hydrogen-bond donors (Lipinski definition) is 1. The summed E-state index contributed by atoms with van der Waals surface area (Å²) in [5.41, 5.74) is 6.91. The van der Waals surface area contributed by atoms with E-state index in [1.54, 1.807) is 23.5 Å². The maximum absolute atomic E-state index is 6.03. The van der Waals surface area contributed by atoms with E-state index in [9.17, 15) is 0 Å². The molecule has 0 radical (unpaired) electrons. The van der Waals surface area contributed by atoms with Gasteiger partial charge in [-0.1, -0.05) is 6.07 Å². The van der Waals surface area contributed by atoms with Crippen LogP contribution in [0, 0.1) is 0 Å². The summed E-state index contributed by atoms with van der Waals surface area (Å²) in [6.45, 7) is 0. The molecule has 2 N–H and O–H groups in total. The fourth-order valence-electron chi connectivity index (χ4n) is 2.14. The van der Waals surface area contributed by atoms with Gasteiger partial charge < -0.3 is 4.74 Å². The Morgan fingerprint density at radius 3 is 3.16 bits per heavy atom. The fourth-order valence-corrected chi connectivity index (χ4v) is 2.14. The first-order valence-corrected chi connectivity index (χ1v) is 5.95. The molecule has 1 atom stereocenters. The second-order valence-corrected chi connectivity index (χ2v) is 4.41. The molecule has 0 saturated carbocycles. The molecule has 4 rings (SSSR count). The van der Waals surface area contributed by atoms with Crippen LogP contribution in [0.2, 0.25) is 0 Å². The molecule has 1 saturated heterocycles. The van der Waals surface area contributed by atoms with Gasteiger partial charge in [-0.25, -0.2) is 9.90 Å². The summed E-state index contributed by atoms with van der Waals surface area (Å²) >= 11 is 0. The van der Waals surface area contributed by atoms with Crippen molar-refractivity contribution in [2.24, 2.45) is 5.73 Å². The van der Waals surface area contributed by atoms with Gasteiger partial charge in [0.25, 0.3) is 0 Å². The van der Waals surface area contributed by atoms with E-state index in [2.05, 4.69) is 4.98 Å². The minimum absolute atomic E-state index is 0.561. The van der Waals surface area contributed by atoms with Crippen molar-refractivity contribution in [2.75, 3.05) is 0 Å². The molecule has 1 unspecified atom stereocenters. The molecule has 3 heterocycles. The van der Waals surface area contributed by atoms with Crippen molar-refractivity contribution in [1.29, 1.82) is 0 Å². The Labute approximate surface area is 109 Å². The van der Waals surface area contributed by atoms with Crippen molar-refractivity contribution in [3.63, 3.8) is 0 Å². The quantitative estimate of drug-likeness (QED) is 0.828. The smallest absolute Gasteiger partial charge is 0.301 e. The van der Waals surface area contributed by atoms with Crippen LogP contribution in [0.3, 0.4) is 0 Å². The normalized spacial score (nSPS) is 24.1. The summed E-state index contributed by atoms with van der Waals surface area (Å²) in [4.78, 5) is 9.57. The molecular weight excluding hydrogens is 242 g/mol. The first-order valence-electron chi connectivity index (χ1n) is 5.95. The number of aromatic nitrogens is 1. The van der Waals surface area contributed by atoms with Gasteiger partial charge in [-0.15, -0.1) is 0 Å². The number of hydroxylamine groups is 2. The molecule has 0 amide bonds. The van der Waals surface area contributed by atoms with Crippen LogP contribution in [0.5, 0.6) is 5.75 Å². The maximum atomic E-state index is 6.03. The number of fused-ring (bicyclic) bond motifs is 2. The maximum Gasteiger partial charge on any atom is 0.301 e. The number of hydrogen-bond acceptors (Lipinski definition) is 5. The summed E-state index contributed by atoms with van der Waals surface area (Å²) in [7, 11) is 0. The molecule has 1 aromatic heterocycles. The molecule has 5 heteroatoms. The highest BCUT2D eigenvalue weighted by atomic mass is 16.9. The monoisotopic (exact) mass is 253 g/mol. The highest BCUT2D eigenvalue weighted by Crippen LogP contribution is 2.40. The highest BCUT2D eigenvalue weighted by Gasteiger charge is 2.56. The lowest BCUT2D eigenvalue weighted by molar-refractivity contribution is 0.229. The van der Waals surface area contributed by atoms with Gasteiger partial charge in [0.15, 0.2) is 5.76 Å². The third-order valence-electron chi connectivity index (χ3n) is 3.18. The Hall–Kier alpha value is -2.37. The molecule has 94 valence electrons. The Balaban J connectivity index is 1.76. The van der Waals surface area contributed by atoms with E-state index in [0.717, 1.165) is 10.9 Å². The molecule has 2 aromatic rings. The average Bonchev–Trinajstić information content (AvgIpc) is 3.12. The van der Waals surface area contributed by atoms with Gasteiger partial charge in [0.05, 0.1) is 5.52 Å². The van der Waals surface area contributed by atoms with E-state index in [0.29, 0.717) is 11.5 Å². The topological polar surface area (TPSA) is 63.7 Å². The molecule has 1 fully saturated rings. The zero-order valence-corrected chi connectivity index (χ0v) is 9.98. The zero-order valence-electron chi connectivity index (χ0n) is 9.98. The van der Waals surface area contributed by atoms with E-state index < -0.39 is 5.85 Å². The van der Waals surface area contributed by atoms with Crippen molar-refractivity contribution in [3.05, 3.63) is 60.6 Å². The second-order valence-electron chi connectivity index (χ2n) is 4.41. The van der Waals surface area contributed by atoms with Crippen LogP contribution >= 0.6 is 0 Å². The van der Waals surface area contributed by atoms with E-state index in [4.69, 9.17) is 15.3 Å². The Kier molecular flexibility index (Phi) is 1.98. The summed E-state index contributed by atoms with van der Waals surface area (Å²) in [6, 6.07) is 9.57. The van der Waals surface area contributed by atoms with Crippen LogP contribution in [0.15, 0.2) is 60.6 Å². The summed E-state index contributed by atoms with van der Waals surface area (Å²) in [6.07, 6.45) is 7.15. The van der Waals surface area contributed by atoms with Crippen molar-refractivity contribution in [2.45, 2.75) is 5.85 Å². The number of allylic oxidation sites excluding steroid dienone is 2. The molecule has 2 aliphatic heterocycles. The second kappa shape index (κ2) is 3.57. The fraction of sp³-hybridized carbons (Fsp3) is 0.0714. The summed E-state index contributed by atoms with van der Waals surface area (Å²) in [5.74, 6) is 0.317. The van der Waals surface area contributed by atoms with Gasteiger partial charge >= 0.3 is 5.85 Å². The first kappa shape index (κ1) is 10.5. The molecular formula is C14H11N3O2. The van der Waals surface area contributed by atoms with Crippen LogP contribution in [0.1, 0.15) is 0 Å². The van der Waals surface area contributed by atoms with E-state index in [1.165, 1.54) is 0 Å². The molecule has 5 nitrogen and oxygen atoms in total. The SMILES string of the molecule is NC12ON1C=CC=C2Oc1cccc2ncccc12. The van der Waals surface area contributed by atoms with E-state index >= 15 is 0 Å². The average molecular weight is 253 g/mol. The molecule has 2 aliphatic rings. The molecule has 0 spiro atoms. The zero-order chi connectivity index (χ0) is 12.9. The lowest BCUT2D eigenvalue weighted by Gasteiger charge is -2.15. The predicted octanol–water partition coefficient (Wildman–Crippen LogP) is 1.88. The number of nitrogens with zero attached hydrogens (tertiary/aromatic N) is 2. The standard InChI is InChI=1S/C14H11N3O2/c15-14-13(7-3-9-17(14)19-14)18-12-6-1-5-11-10(12)4-2-8-16-11/h1-9H,15H2. The van der Waals surface area contributed by atoms with Crippen molar-refractivity contribution < 1.29 is 9.57 Å². The van der Waals surface area contributed by atoms with Crippen molar-refractivity contribution >= 4 is 10.9 Å². The van der Waals surface area contributed by atoms with Gasteiger partial charge in [-0.2, -0.15) is 0 Å². The van der Waals surface area contributed by atoms with Crippen molar-refractivity contribution in [1.82, 2.24) is 10.0 Å². The molecule has 1 aromatic carbocycles. The number of ether oxygens (including phenoxy) is 1. The van der Waals surface area contributed by atoms with Gasteiger partial charge in [0.1, 0.15) is 5.75 Å². The van der Waals surface area contributed by atoms with Gasteiger partial charge in [-0.05, 0) is 36.4 Å². The van der Waals surface area contributed by atoms with E-state index in [1.807, 2.05) is 36.4 Å². The van der Waals surface area contributed by atoms with Crippen LogP contribution in [-0.2, 0) is 4.84 Å². The van der Waals surface area contributed by atoms with Crippen molar-refractivity contribution in [3.8, 4) is 5.75 Å². The molecule has 0 aliphatic carbocycles.